The summed E-state index contributed by atoms with van der Waals surface area (Å²) in [7, 11) is 4.27. The molecule has 0 spiro atoms. The molecule has 28 heavy (non-hydrogen) atoms. The average Bonchev–Trinajstić information content (AvgIpc) is 3.00. The van der Waals surface area contributed by atoms with Gasteiger partial charge in [0.05, 0.1) is 6.61 Å². The maximum absolute atomic E-state index is 9.52. The van der Waals surface area contributed by atoms with Crippen LogP contribution in [-0.2, 0) is 17.9 Å². The molecular weight excluding hydrogens is 350 g/mol. The molecule has 1 aliphatic heterocycles. The molecule has 0 unspecified atom stereocenters. The molecule has 0 bridgehead atoms. The zero-order chi connectivity index (χ0) is 20.7. The van der Waals surface area contributed by atoms with Gasteiger partial charge in [-0.05, 0) is 37.1 Å². The minimum absolute atomic E-state index is 0.0542. The number of aliphatic hydroxyl groups excluding tert-OH is 1. The fraction of sp³-hybridized carbons (Fsp3) is 0.739. The van der Waals surface area contributed by atoms with E-state index < -0.39 is 0 Å². The fourth-order valence-corrected chi connectivity index (χ4v) is 3.89. The van der Waals surface area contributed by atoms with Crippen molar-refractivity contribution in [2.45, 2.75) is 53.3 Å². The standard InChI is InChI=1S/C23H41N3O2/c1-7-21-16-26(28-22(21)17-27)15-20-10-8-9-19(13-20)14-25(12-11-24(5)6)18-23(2,3)4/h8-10,13,21-22,27H,7,11-12,14-18H2,1-6H3/t21-,22-/m0/s1. The highest BCUT2D eigenvalue weighted by molar-refractivity contribution is 5.23. The van der Waals surface area contributed by atoms with Crippen LogP contribution in [0.2, 0.25) is 0 Å². The van der Waals surface area contributed by atoms with Gasteiger partial charge in [-0.2, -0.15) is 5.06 Å². The summed E-state index contributed by atoms with van der Waals surface area (Å²) in [6, 6.07) is 8.86. The Bertz CT molecular complexity index is 573. The summed E-state index contributed by atoms with van der Waals surface area (Å²) in [5.74, 6) is 0.418. The molecule has 1 aromatic rings. The first-order chi connectivity index (χ1) is 13.2. The minimum atomic E-state index is -0.0542. The number of aliphatic hydroxyl groups is 1. The second kappa shape index (κ2) is 10.7. The van der Waals surface area contributed by atoms with Gasteiger partial charge in [0.2, 0.25) is 0 Å². The zero-order valence-corrected chi connectivity index (χ0v) is 18.8. The van der Waals surface area contributed by atoms with Crippen molar-refractivity contribution in [3.8, 4) is 0 Å². The van der Waals surface area contributed by atoms with Crippen LogP contribution >= 0.6 is 0 Å². The van der Waals surface area contributed by atoms with Gasteiger partial charge in [-0.3, -0.25) is 9.74 Å². The van der Waals surface area contributed by atoms with E-state index in [1.165, 1.54) is 11.1 Å². The summed E-state index contributed by atoms with van der Waals surface area (Å²) in [5, 5.41) is 11.5. The lowest BCUT2D eigenvalue weighted by Gasteiger charge is -2.31. The number of nitrogens with zero attached hydrogens (tertiary/aromatic N) is 3. The predicted molar refractivity (Wildman–Crippen MR) is 116 cm³/mol. The Morgan fingerprint density at radius 2 is 1.89 bits per heavy atom. The molecule has 5 nitrogen and oxygen atoms in total. The maximum Gasteiger partial charge on any atom is 0.106 e. The number of benzene rings is 1. The minimum Gasteiger partial charge on any atom is -0.394 e. The summed E-state index contributed by atoms with van der Waals surface area (Å²) >= 11 is 0. The Morgan fingerprint density at radius 3 is 2.46 bits per heavy atom. The van der Waals surface area contributed by atoms with E-state index in [1.54, 1.807) is 0 Å². The number of hydroxylamine groups is 2. The summed E-state index contributed by atoms with van der Waals surface area (Å²) < 4.78 is 0. The van der Waals surface area contributed by atoms with Crippen molar-refractivity contribution in [2.75, 3.05) is 46.9 Å². The van der Waals surface area contributed by atoms with Crippen LogP contribution in [0.4, 0.5) is 0 Å². The van der Waals surface area contributed by atoms with Gasteiger partial charge in [-0.15, -0.1) is 0 Å². The monoisotopic (exact) mass is 391 g/mol. The van der Waals surface area contributed by atoms with Gasteiger partial charge >= 0.3 is 0 Å². The lowest BCUT2D eigenvalue weighted by Crippen LogP contribution is -2.37. The quantitative estimate of drug-likeness (QED) is 0.663. The van der Waals surface area contributed by atoms with E-state index in [0.29, 0.717) is 5.92 Å². The van der Waals surface area contributed by atoms with Gasteiger partial charge in [0.1, 0.15) is 6.10 Å². The molecule has 0 amide bonds. The molecule has 1 aromatic carbocycles. The van der Waals surface area contributed by atoms with Crippen molar-refractivity contribution >= 4 is 0 Å². The number of rotatable bonds is 10. The predicted octanol–water partition coefficient (Wildman–Crippen LogP) is 3.23. The Kier molecular flexibility index (Phi) is 8.90. The average molecular weight is 392 g/mol. The Balaban J connectivity index is 2.00. The first kappa shape index (κ1) is 23.3. The van der Waals surface area contributed by atoms with E-state index in [-0.39, 0.29) is 18.1 Å². The van der Waals surface area contributed by atoms with Gasteiger partial charge in [-0.25, -0.2) is 0 Å². The smallest absolute Gasteiger partial charge is 0.106 e. The van der Waals surface area contributed by atoms with Crippen molar-refractivity contribution in [3.05, 3.63) is 35.4 Å². The molecule has 1 aliphatic rings. The molecule has 5 heteroatoms. The van der Waals surface area contributed by atoms with Gasteiger partial charge in [0.25, 0.3) is 0 Å². The first-order valence-electron chi connectivity index (χ1n) is 10.7. The lowest BCUT2D eigenvalue weighted by atomic mass is 9.95. The van der Waals surface area contributed by atoms with Gasteiger partial charge < -0.3 is 10.0 Å². The summed E-state index contributed by atoms with van der Waals surface area (Å²) in [6.07, 6.45) is 0.983. The van der Waals surface area contributed by atoms with E-state index in [4.69, 9.17) is 4.84 Å². The third-order valence-electron chi connectivity index (χ3n) is 5.27. The topological polar surface area (TPSA) is 39.2 Å². The molecule has 0 aliphatic carbocycles. The van der Waals surface area contributed by atoms with Crippen LogP contribution in [-0.4, -0.2) is 73.0 Å². The van der Waals surface area contributed by atoms with E-state index >= 15 is 0 Å². The Hall–Kier alpha value is -0.980. The van der Waals surface area contributed by atoms with Crippen LogP contribution in [0.3, 0.4) is 0 Å². The molecular formula is C23H41N3O2. The number of hydrogen-bond acceptors (Lipinski definition) is 5. The van der Waals surface area contributed by atoms with Gasteiger partial charge in [0.15, 0.2) is 0 Å². The van der Waals surface area contributed by atoms with Gasteiger partial charge in [0, 0.05) is 45.2 Å². The Morgan fingerprint density at radius 1 is 1.18 bits per heavy atom. The van der Waals surface area contributed by atoms with Gasteiger partial charge in [-0.1, -0.05) is 52.0 Å². The molecule has 160 valence electrons. The summed E-state index contributed by atoms with van der Waals surface area (Å²) in [6.45, 7) is 15.0. The van der Waals surface area contributed by atoms with Crippen molar-refractivity contribution < 1.29 is 9.94 Å². The molecule has 1 heterocycles. The lowest BCUT2D eigenvalue weighted by molar-refractivity contribution is -0.163. The van der Waals surface area contributed by atoms with Crippen LogP contribution < -0.4 is 0 Å². The highest BCUT2D eigenvalue weighted by Gasteiger charge is 2.32. The maximum atomic E-state index is 9.52. The van der Waals surface area contributed by atoms with E-state index in [1.807, 2.05) is 5.06 Å². The third kappa shape index (κ3) is 7.80. The molecule has 0 aromatic heterocycles. The molecule has 1 N–H and O–H groups in total. The SMILES string of the molecule is CC[C@H]1CN(Cc2cccc(CN(CCN(C)C)CC(C)(C)C)c2)O[C@H]1CO. The molecule has 2 rings (SSSR count). The Labute approximate surface area is 172 Å². The zero-order valence-electron chi connectivity index (χ0n) is 18.8. The highest BCUT2D eigenvalue weighted by Crippen LogP contribution is 2.25. The summed E-state index contributed by atoms with van der Waals surface area (Å²) in [4.78, 5) is 10.7. The molecule has 2 atom stereocenters. The summed E-state index contributed by atoms with van der Waals surface area (Å²) in [5.41, 5.74) is 2.90. The van der Waals surface area contributed by atoms with Crippen molar-refractivity contribution in [2.24, 2.45) is 11.3 Å². The van der Waals surface area contributed by atoms with Crippen molar-refractivity contribution in [1.82, 2.24) is 14.9 Å². The van der Waals surface area contributed by atoms with Crippen LogP contribution in [0, 0.1) is 11.3 Å². The highest BCUT2D eigenvalue weighted by atomic mass is 16.7. The van der Waals surface area contributed by atoms with Crippen LogP contribution in [0.15, 0.2) is 24.3 Å². The van der Waals surface area contributed by atoms with Crippen LogP contribution in [0.5, 0.6) is 0 Å². The third-order valence-corrected chi connectivity index (χ3v) is 5.27. The number of hydrogen-bond donors (Lipinski definition) is 1. The van der Waals surface area contributed by atoms with Crippen LogP contribution in [0.25, 0.3) is 0 Å². The molecule has 0 radical (unpaired) electrons. The van der Waals surface area contributed by atoms with Crippen molar-refractivity contribution in [3.63, 3.8) is 0 Å². The van der Waals surface area contributed by atoms with E-state index in [2.05, 4.69) is 75.9 Å². The molecule has 1 fully saturated rings. The second-order valence-electron chi connectivity index (χ2n) is 9.71. The first-order valence-corrected chi connectivity index (χ1v) is 10.7. The van der Waals surface area contributed by atoms with E-state index in [0.717, 1.165) is 45.7 Å². The fourth-order valence-electron chi connectivity index (χ4n) is 3.89. The molecule has 0 saturated carbocycles. The second-order valence-corrected chi connectivity index (χ2v) is 9.71. The number of likely N-dealkylation sites (N-methyl/N-ethyl adjacent to an activating group) is 1. The largest absolute Gasteiger partial charge is 0.394 e. The molecule has 1 saturated heterocycles. The normalized spacial score (nSPS) is 21.2. The van der Waals surface area contributed by atoms with Crippen LogP contribution in [0.1, 0.15) is 45.2 Å². The van der Waals surface area contributed by atoms with Crippen molar-refractivity contribution in [1.29, 1.82) is 0 Å². The van der Waals surface area contributed by atoms with E-state index in [9.17, 15) is 5.11 Å².